The number of azo groups is 5. The van der Waals surface area contributed by atoms with Crippen LogP contribution in [0.2, 0.25) is 0 Å². The van der Waals surface area contributed by atoms with Gasteiger partial charge in [-0.3, -0.25) is 0 Å². The molecule has 0 fully saturated rings. The van der Waals surface area contributed by atoms with E-state index in [-0.39, 0.29) is 181 Å². The third-order valence-electron chi connectivity index (χ3n) is 11.3. The number of hydrogen-bond donors (Lipinski definition) is 0. The summed E-state index contributed by atoms with van der Waals surface area (Å²) in [5.41, 5.74) is -0.168. The van der Waals surface area contributed by atoms with Gasteiger partial charge < -0.3 is 27.3 Å². The molecule has 0 aromatic heterocycles. The van der Waals surface area contributed by atoms with Crippen molar-refractivity contribution in [3.05, 3.63) is 192 Å². The average molecular weight is 1320 g/mol. The van der Waals surface area contributed by atoms with Crippen LogP contribution in [-0.2, 0) is 60.7 Å². The van der Waals surface area contributed by atoms with Gasteiger partial charge in [0.2, 0.25) is 0 Å². The number of rotatable bonds is 20. The molecule has 0 amide bonds. The molecule has 0 aliphatic carbocycles. The molecule has 0 saturated heterocycles. The van der Waals surface area contributed by atoms with E-state index in [1.165, 1.54) is 97.1 Å². The largest absolute Gasteiger partial charge is 1.00 e. The molecule has 0 aliphatic rings. The van der Waals surface area contributed by atoms with E-state index < -0.39 is 90.1 Å². The van der Waals surface area contributed by atoms with Crippen LogP contribution in [0.3, 0.4) is 0 Å². The minimum atomic E-state index is -5.32. The molecule has 0 spiro atoms. The number of nitrogens with zero attached hydrogens (tertiary/aromatic N) is 10. The Morgan fingerprint density at radius 1 is 0.207 bits per heavy atom. The fourth-order valence-corrected chi connectivity index (χ4v) is 10.9. The molecule has 0 bridgehead atoms. The Morgan fingerprint density at radius 2 is 0.348 bits per heavy atom. The summed E-state index contributed by atoms with van der Waals surface area (Å²) >= 11 is 0. The quantitative estimate of drug-likeness (QED) is 0.0296. The molecule has 28 nitrogen and oxygen atoms in total. The maximum absolute atomic E-state index is 12.5. The molecule has 440 valence electrons. The van der Waals surface area contributed by atoms with Crippen LogP contribution in [0, 0.1) is 0 Å². The second kappa shape index (κ2) is 34.6. The standard InChI is InChI=1S/C52H38N10O18S6.6Li/c63-81(64,65)47-25-21-41(22-26-47)55-53-37-13-17-39(18-14-37)57-59-43-9-5-33(49(29-43)83(69,70)71)1-3-35-7-11-45(31-51(35)85(75,76)77)61-62-46-12-8-36(52(32-46)86(78,79)80)4-2-34-6-10-44(30-50(34)84(72,73)74)60-58-40-19-15-38(16-20-40)54-56-42-23-27-48(28-24-42)82(66,67)68;;;;;;/h1-32H,(H,63,64,65)(H,66,67,68)(H,69,70,71)(H,72,73,74)(H,75,76,77)(H,78,79,80);;;;;;/q;6*+1/p-6/b3-1+,4-2+,55-53?,56-54?,59-57?,60-58?,62-61?;;;;;;. The third-order valence-corrected chi connectivity index (χ3v) is 16.6. The molecule has 0 unspecified atom stereocenters. The van der Waals surface area contributed by atoms with Crippen molar-refractivity contribution in [1.82, 2.24) is 0 Å². The summed E-state index contributed by atoms with van der Waals surface area (Å²) in [6.07, 6.45) is 4.13. The molecular formula is C52H32Li6N10O18S6. The molecule has 8 aromatic carbocycles. The molecule has 0 N–H and O–H groups in total. The van der Waals surface area contributed by atoms with E-state index in [0.717, 1.165) is 97.1 Å². The van der Waals surface area contributed by atoms with E-state index in [9.17, 15) is 77.8 Å². The molecule has 40 heteroatoms. The van der Waals surface area contributed by atoms with Gasteiger partial charge in [-0.25, -0.2) is 50.5 Å². The van der Waals surface area contributed by atoms with Crippen molar-refractivity contribution in [2.45, 2.75) is 29.4 Å². The van der Waals surface area contributed by atoms with E-state index in [1.54, 1.807) is 0 Å². The van der Waals surface area contributed by atoms with Crippen molar-refractivity contribution in [1.29, 1.82) is 0 Å². The topological polar surface area (TPSA) is 467 Å². The van der Waals surface area contributed by atoms with Gasteiger partial charge in [-0.1, -0.05) is 48.6 Å². The molecule has 0 saturated carbocycles. The van der Waals surface area contributed by atoms with Gasteiger partial charge in [-0.15, -0.1) is 0 Å². The Balaban J connectivity index is 0.00000480. The van der Waals surface area contributed by atoms with Crippen LogP contribution in [-0.4, -0.2) is 77.8 Å². The van der Waals surface area contributed by atoms with Crippen LogP contribution in [0.1, 0.15) is 22.3 Å². The summed E-state index contributed by atoms with van der Waals surface area (Å²) in [6, 6.07) is 34.1. The van der Waals surface area contributed by atoms with Crippen LogP contribution < -0.4 is 113 Å². The van der Waals surface area contributed by atoms with E-state index >= 15 is 0 Å². The van der Waals surface area contributed by atoms with Crippen molar-refractivity contribution >= 4 is 142 Å². The van der Waals surface area contributed by atoms with Gasteiger partial charge >= 0.3 is 113 Å². The number of benzene rings is 8. The first-order valence-electron chi connectivity index (χ1n) is 23.5. The second-order valence-electron chi connectivity index (χ2n) is 17.3. The van der Waals surface area contributed by atoms with Crippen LogP contribution in [0.4, 0.5) is 56.9 Å². The molecule has 0 radical (unpaired) electrons. The fourth-order valence-electron chi connectivity index (χ4n) is 7.23. The SMILES string of the molecule is O=S(=O)([O-])c1ccc(N=Nc2ccc(N=Nc3ccc(/C=C/c4ccc(N=Nc5ccc(/C=C/c6ccc(N=Nc7ccc(N=Nc8ccc(S(=O)(=O)[O-])cc8)cc7)cc6S(=O)(=O)[O-])c(S(=O)(=O)[O-])c5)cc4S(=O)(=O)[O-])c(S(=O)(=O)[O-])c3)cc2)cc1.[Li+].[Li+].[Li+].[Li+].[Li+].[Li+]. The van der Waals surface area contributed by atoms with E-state index in [4.69, 9.17) is 0 Å². The molecule has 8 aromatic rings. The van der Waals surface area contributed by atoms with Gasteiger partial charge in [0, 0.05) is 0 Å². The Hall–Kier alpha value is -5.72. The van der Waals surface area contributed by atoms with Crippen molar-refractivity contribution in [3.63, 3.8) is 0 Å². The maximum Gasteiger partial charge on any atom is 1.00 e. The molecule has 0 heterocycles. The van der Waals surface area contributed by atoms with E-state index in [1.807, 2.05) is 0 Å². The van der Waals surface area contributed by atoms with Crippen molar-refractivity contribution in [2.75, 3.05) is 0 Å². The van der Waals surface area contributed by atoms with Gasteiger partial charge in [0.25, 0.3) is 0 Å². The minimum Gasteiger partial charge on any atom is -0.744 e. The van der Waals surface area contributed by atoms with Crippen LogP contribution in [0.25, 0.3) is 24.3 Å². The van der Waals surface area contributed by atoms with Gasteiger partial charge in [0.05, 0.1) is 86.2 Å². The number of hydrogen-bond acceptors (Lipinski definition) is 28. The van der Waals surface area contributed by atoms with Crippen LogP contribution in [0.15, 0.2) is 250 Å². The summed E-state index contributed by atoms with van der Waals surface area (Å²) in [5, 5.41) is 39.6. The Morgan fingerprint density at radius 3 is 0.500 bits per heavy atom. The molecular weight excluding hydrogens is 1290 g/mol. The zero-order valence-corrected chi connectivity index (χ0v) is 53.6. The zero-order valence-electron chi connectivity index (χ0n) is 48.7. The van der Waals surface area contributed by atoms with Crippen molar-refractivity contribution in [3.8, 4) is 0 Å². The van der Waals surface area contributed by atoms with Crippen LogP contribution >= 0.6 is 0 Å². The summed E-state index contributed by atoms with van der Waals surface area (Å²) in [5.74, 6) is 0. The normalized spacial score (nSPS) is 12.4. The first kappa shape index (κ1) is 82.4. The van der Waals surface area contributed by atoms with E-state index in [2.05, 4.69) is 51.1 Å². The first-order chi connectivity index (χ1) is 40.3. The van der Waals surface area contributed by atoms with Crippen molar-refractivity contribution < 1.29 is 191 Å². The zero-order chi connectivity index (χ0) is 62.2. The molecule has 8 rings (SSSR count). The first-order valence-corrected chi connectivity index (χ1v) is 32.0. The van der Waals surface area contributed by atoms with Gasteiger partial charge in [0.15, 0.2) is 0 Å². The van der Waals surface area contributed by atoms with E-state index in [0.29, 0.717) is 11.4 Å². The van der Waals surface area contributed by atoms with Gasteiger partial charge in [-0.05, 0) is 168 Å². The smallest absolute Gasteiger partial charge is 0.744 e. The summed E-state index contributed by atoms with van der Waals surface area (Å²) in [4.78, 5) is -4.25. The Kier molecular flexibility index (Phi) is 31.0. The second-order valence-corrected chi connectivity index (χ2v) is 25.5. The Labute approximate surface area is 599 Å². The van der Waals surface area contributed by atoms with Gasteiger partial charge in [-0.2, -0.15) is 51.1 Å². The summed E-state index contributed by atoms with van der Waals surface area (Å²) in [7, 11) is -30.4. The fraction of sp³-hybridized carbons (Fsp3) is 0. The van der Waals surface area contributed by atoms with Gasteiger partial charge in [0.1, 0.15) is 60.7 Å². The Bertz CT molecular complexity index is 4620. The predicted octanol–water partition coefficient (Wildman–Crippen LogP) is -6.45. The molecule has 0 atom stereocenters. The van der Waals surface area contributed by atoms with Crippen molar-refractivity contribution in [2.24, 2.45) is 51.1 Å². The predicted molar refractivity (Wildman–Crippen MR) is 298 cm³/mol. The summed E-state index contributed by atoms with van der Waals surface area (Å²) < 4.78 is 216. The third kappa shape index (κ3) is 23.6. The minimum absolute atomic E-state index is 0. The molecule has 92 heavy (non-hydrogen) atoms. The average Bonchev–Trinajstić information content (AvgIpc) is 0.838. The maximum atomic E-state index is 12.5. The monoisotopic (exact) mass is 1320 g/mol. The molecule has 0 aliphatic heterocycles. The van der Waals surface area contributed by atoms with Crippen LogP contribution in [0.5, 0.6) is 0 Å². The summed E-state index contributed by atoms with van der Waals surface area (Å²) in [6.45, 7) is 0.